The van der Waals surface area contributed by atoms with Crippen molar-refractivity contribution in [1.29, 1.82) is 0 Å². The van der Waals surface area contributed by atoms with Crippen molar-refractivity contribution in [2.45, 2.75) is 26.7 Å². The van der Waals surface area contributed by atoms with Gasteiger partial charge in [-0.1, -0.05) is 35.3 Å². The van der Waals surface area contributed by atoms with Crippen molar-refractivity contribution in [2.75, 3.05) is 17.2 Å². The van der Waals surface area contributed by atoms with Crippen LogP contribution in [0.25, 0.3) is 0 Å². The second-order valence-electron chi connectivity index (χ2n) is 5.13. The van der Waals surface area contributed by atoms with Gasteiger partial charge in [0.05, 0.1) is 5.56 Å². The largest absolute Gasteiger partial charge is 0.370 e. The molecule has 0 aliphatic heterocycles. The summed E-state index contributed by atoms with van der Waals surface area (Å²) in [6.45, 7) is 5.04. The fraction of sp³-hybridized carbons (Fsp3) is 0.294. The van der Waals surface area contributed by atoms with Gasteiger partial charge in [-0.2, -0.15) is 0 Å². The normalized spacial score (nSPS) is 10.3. The third-order valence-electron chi connectivity index (χ3n) is 3.29. The van der Waals surface area contributed by atoms with Crippen molar-refractivity contribution in [3.8, 4) is 0 Å². The number of anilines is 2. The minimum atomic E-state index is -0.164. The van der Waals surface area contributed by atoms with Gasteiger partial charge < -0.3 is 10.6 Å². The standard InChI is InChI=1S/C17H20BrN3O/c1-3-4-9-19-16-8-6-13(11-20-16)17(22)21-14-7-5-12(2)15(18)10-14/h5-8,10-11H,3-4,9H2,1-2H3,(H,19,20)(H,21,22). The van der Waals surface area contributed by atoms with E-state index in [0.717, 1.165) is 40.9 Å². The van der Waals surface area contributed by atoms with Crippen LogP contribution in [0.3, 0.4) is 0 Å². The lowest BCUT2D eigenvalue weighted by molar-refractivity contribution is 0.102. The van der Waals surface area contributed by atoms with Gasteiger partial charge >= 0.3 is 0 Å². The summed E-state index contributed by atoms with van der Waals surface area (Å²) in [5.74, 6) is 0.631. The zero-order valence-electron chi connectivity index (χ0n) is 12.8. The number of amides is 1. The number of rotatable bonds is 6. The summed E-state index contributed by atoms with van der Waals surface area (Å²) in [6, 6.07) is 9.33. The van der Waals surface area contributed by atoms with Gasteiger partial charge in [0.15, 0.2) is 0 Å². The predicted octanol–water partition coefficient (Wildman–Crippen LogP) is 4.62. The molecule has 2 N–H and O–H groups in total. The molecule has 4 nitrogen and oxygen atoms in total. The van der Waals surface area contributed by atoms with Crippen LogP contribution < -0.4 is 10.6 Å². The predicted molar refractivity (Wildman–Crippen MR) is 94.5 cm³/mol. The average Bonchev–Trinajstić information content (AvgIpc) is 2.52. The number of carbonyl (C=O) groups is 1. The maximum Gasteiger partial charge on any atom is 0.257 e. The maximum atomic E-state index is 12.2. The number of unbranched alkanes of at least 4 members (excludes halogenated alkanes) is 1. The number of pyridine rings is 1. The van der Waals surface area contributed by atoms with Gasteiger partial charge in [0, 0.05) is 22.9 Å². The molecule has 0 spiro atoms. The molecule has 0 aliphatic carbocycles. The Labute approximate surface area is 139 Å². The molecule has 0 saturated carbocycles. The first-order valence-corrected chi connectivity index (χ1v) is 8.17. The Morgan fingerprint density at radius 1 is 1.27 bits per heavy atom. The molecule has 0 bridgehead atoms. The molecule has 22 heavy (non-hydrogen) atoms. The number of nitrogens with zero attached hydrogens (tertiary/aromatic N) is 1. The van der Waals surface area contributed by atoms with Gasteiger partial charge in [-0.15, -0.1) is 0 Å². The lowest BCUT2D eigenvalue weighted by Gasteiger charge is -2.08. The van der Waals surface area contributed by atoms with Crippen LogP contribution in [-0.4, -0.2) is 17.4 Å². The minimum absolute atomic E-state index is 0.164. The molecule has 0 fully saturated rings. The molecule has 2 aromatic rings. The van der Waals surface area contributed by atoms with Crippen LogP contribution in [0.1, 0.15) is 35.7 Å². The number of aryl methyl sites for hydroxylation is 1. The Morgan fingerprint density at radius 2 is 2.09 bits per heavy atom. The van der Waals surface area contributed by atoms with E-state index in [-0.39, 0.29) is 5.91 Å². The Bertz CT molecular complexity index is 641. The summed E-state index contributed by atoms with van der Waals surface area (Å²) >= 11 is 3.46. The summed E-state index contributed by atoms with van der Waals surface area (Å²) < 4.78 is 0.971. The second-order valence-corrected chi connectivity index (χ2v) is 5.98. The number of nitrogens with one attached hydrogen (secondary N) is 2. The van der Waals surface area contributed by atoms with E-state index in [1.165, 1.54) is 0 Å². The highest BCUT2D eigenvalue weighted by molar-refractivity contribution is 9.10. The molecule has 116 valence electrons. The van der Waals surface area contributed by atoms with Crippen LogP contribution in [0.2, 0.25) is 0 Å². The summed E-state index contributed by atoms with van der Waals surface area (Å²) in [5, 5.41) is 6.09. The fourth-order valence-electron chi connectivity index (χ4n) is 1.90. The first-order chi connectivity index (χ1) is 10.6. The molecular formula is C17H20BrN3O. The highest BCUT2D eigenvalue weighted by Crippen LogP contribution is 2.21. The third-order valence-corrected chi connectivity index (χ3v) is 4.15. The van der Waals surface area contributed by atoms with E-state index in [4.69, 9.17) is 0 Å². The van der Waals surface area contributed by atoms with E-state index in [1.54, 1.807) is 12.3 Å². The molecule has 2 rings (SSSR count). The van der Waals surface area contributed by atoms with Crippen LogP contribution in [0.4, 0.5) is 11.5 Å². The van der Waals surface area contributed by atoms with Crippen LogP contribution >= 0.6 is 15.9 Å². The first kappa shape index (κ1) is 16.5. The molecule has 0 saturated heterocycles. The maximum absolute atomic E-state index is 12.2. The summed E-state index contributed by atoms with van der Waals surface area (Å²) in [6.07, 6.45) is 3.83. The van der Waals surface area contributed by atoms with Gasteiger partial charge in [0.1, 0.15) is 5.82 Å². The van der Waals surface area contributed by atoms with E-state index < -0.39 is 0 Å². The molecule has 1 heterocycles. The van der Waals surface area contributed by atoms with Crippen LogP contribution in [0, 0.1) is 6.92 Å². The number of carbonyl (C=O) groups excluding carboxylic acids is 1. The van der Waals surface area contributed by atoms with E-state index in [1.807, 2.05) is 31.2 Å². The van der Waals surface area contributed by atoms with Crippen LogP contribution in [0.15, 0.2) is 41.0 Å². The monoisotopic (exact) mass is 361 g/mol. The Morgan fingerprint density at radius 3 is 2.73 bits per heavy atom. The number of aromatic nitrogens is 1. The van der Waals surface area contributed by atoms with Crippen molar-refractivity contribution in [1.82, 2.24) is 4.98 Å². The van der Waals surface area contributed by atoms with Gasteiger partial charge in [0.25, 0.3) is 5.91 Å². The van der Waals surface area contributed by atoms with E-state index in [2.05, 4.69) is 38.5 Å². The quantitative estimate of drug-likeness (QED) is 0.738. The summed E-state index contributed by atoms with van der Waals surface area (Å²) in [7, 11) is 0. The number of hydrogen-bond acceptors (Lipinski definition) is 3. The first-order valence-electron chi connectivity index (χ1n) is 7.37. The van der Waals surface area contributed by atoms with Crippen molar-refractivity contribution in [2.24, 2.45) is 0 Å². The SMILES string of the molecule is CCCCNc1ccc(C(=O)Nc2ccc(C)c(Br)c2)cn1. The Balaban J connectivity index is 1.98. The smallest absolute Gasteiger partial charge is 0.257 e. The fourth-order valence-corrected chi connectivity index (χ4v) is 2.28. The molecule has 0 radical (unpaired) electrons. The molecule has 0 unspecified atom stereocenters. The molecule has 1 aromatic heterocycles. The van der Waals surface area contributed by atoms with Crippen molar-refractivity contribution < 1.29 is 4.79 Å². The van der Waals surface area contributed by atoms with E-state index in [0.29, 0.717) is 5.56 Å². The lowest BCUT2D eigenvalue weighted by Crippen LogP contribution is -2.12. The summed E-state index contributed by atoms with van der Waals surface area (Å²) in [5.41, 5.74) is 2.42. The zero-order valence-corrected chi connectivity index (χ0v) is 14.4. The van der Waals surface area contributed by atoms with Crippen molar-refractivity contribution in [3.05, 3.63) is 52.1 Å². The molecule has 5 heteroatoms. The Kier molecular flexibility index (Phi) is 5.95. The number of benzene rings is 1. The van der Waals surface area contributed by atoms with E-state index in [9.17, 15) is 4.79 Å². The molecular weight excluding hydrogens is 342 g/mol. The highest BCUT2D eigenvalue weighted by Gasteiger charge is 2.07. The van der Waals surface area contributed by atoms with E-state index >= 15 is 0 Å². The zero-order chi connectivity index (χ0) is 15.9. The summed E-state index contributed by atoms with van der Waals surface area (Å²) in [4.78, 5) is 16.5. The topological polar surface area (TPSA) is 54.0 Å². The van der Waals surface area contributed by atoms with Gasteiger partial charge in [-0.25, -0.2) is 4.98 Å². The van der Waals surface area contributed by atoms with Gasteiger partial charge in [-0.3, -0.25) is 4.79 Å². The minimum Gasteiger partial charge on any atom is -0.370 e. The third kappa shape index (κ3) is 4.56. The second kappa shape index (κ2) is 7.94. The number of hydrogen-bond donors (Lipinski definition) is 2. The van der Waals surface area contributed by atoms with Gasteiger partial charge in [0.2, 0.25) is 0 Å². The molecule has 0 aliphatic rings. The number of halogens is 1. The van der Waals surface area contributed by atoms with Crippen LogP contribution in [-0.2, 0) is 0 Å². The van der Waals surface area contributed by atoms with Gasteiger partial charge in [-0.05, 0) is 43.2 Å². The molecule has 0 atom stereocenters. The highest BCUT2D eigenvalue weighted by atomic mass is 79.9. The average molecular weight is 362 g/mol. The van der Waals surface area contributed by atoms with Crippen LogP contribution in [0.5, 0.6) is 0 Å². The van der Waals surface area contributed by atoms with Crippen molar-refractivity contribution in [3.63, 3.8) is 0 Å². The molecule has 1 aromatic carbocycles. The van der Waals surface area contributed by atoms with Crippen molar-refractivity contribution >= 4 is 33.3 Å². The Hall–Kier alpha value is -1.88. The molecule has 1 amide bonds. The lowest BCUT2D eigenvalue weighted by atomic mass is 10.2.